The van der Waals surface area contributed by atoms with Crippen molar-refractivity contribution in [3.63, 3.8) is 0 Å². The van der Waals surface area contributed by atoms with Gasteiger partial charge in [-0.15, -0.1) is 0 Å². The van der Waals surface area contributed by atoms with E-state index < -0.39 is 12.3 Å². The minimum atomic E-state index is -1.08. The third-order valence-electron chi connectivity index (χ3n) is 0.500. The van der Waals surface area contributed by atoms with Crippen molar-refractivity contribution < 1.29 is 26.7 Å². The van der Waals surface area contributed by atoms with Crippen LogP contribution in [0.2, 0.25) is 0 Å². The second-order valence-corrected chi connectivity index (χ2v) is 1.01. The van der Waals surface area contributed by atoms with Crippen LogP contribution < -0.4 is 0 Å². The molecule has 6 heteroatoms. The van der Waals surface area contributed by atoms with Crippen molar-refractivity contribution in [3.8, 4) is 0 Å². The maximum Gasteiger partial charge on any atom is 0.518 e. The van der Waals surface area contributed by atoms with Gasteiger partial charge in [0.1, 0.15) is 0 Å². The van der Waals surface area contributed by atoms with Crippen molar-refractivity contribution in [2.24, 2.45) is 0 Å². The summed E-state index contributed by atoms with van der Waals surface area (Å²) >= 11 is 0. The zero-order valence-corrected chi connectivity index (χ0v) is 7.96. The summed E-state index contributed by atoms with van der Waals surface area (Å²) in [5.74, 6) is 0. The largest absolute Gasteiger partial charge is 0.518 e. The van der Waals surface area contributed by atoms with Crippen molar-refractivity contribution >= 4 is 50.0 Å². The van der Waals surface area contributed by atoms with E-state index in [1.807, 2.05) is 0 Å². The van der Waals surface area contributed by atoms with Crippen LogP contribution in [0.15, 0.2) is 0 Å². The molecule has 0 atom stereocenters. The maximum absolute atomic E-state index is 10.0. The molecule has 0 unspecified atom stereocenters. The monoisotopic (exact) mass is 178 g/mol. The Morgan fingerprint density at radius 2 is 1.40 bits per heavy atom. The van der Waals surface area contributed by atoms with Gasteiger partial charge >= 0.3 is 12.3 Å². The van der Waals surface area contributed by atoms with Gasteiger partial charge in [-0.25, -0.2) is 9.59 Å². The molecule has 0 aromatic carbocycles. The Morgan fingerprint density at radius 1 is 1.10 bits per heavy atom. The van der Waals surface area contributed by atoms with Gasteiger partial charge in [-0.05, 0) is 0 Å². The first-order valence-corrected chi connectivity index (χ1v) is 2.04. The van der Waals surface area contributed by atoms with Crippen LogP contribution in [-0.4, -0.2) is 64.3 Å². The minimum Gasteiger partial charge on any atom is -0.437 e. The Bertz CT molecular complexity index is 117. The van der Waals surface area contributed by atoms with Gasteiger partial charge in [0.25, 0.3) is 0 Å². The molecule has 0 aliphatic heterocycles. The average molecular weight is 178 g/mol. The second-order valence-electron chi connectivity index (χ2n) is 1.01. The summed E-state index contributed by atoms with van der Waals surface area (Å²) in [6, 6.07) is 0. The number of carbonyl (C=O) groups is 2. The van der Waals surface area contributed by atoms with Gasteiger partial charge < -0.3 is 14.2 Å². The van der Waals surface area contributed by atoms with E-state index in [4.69, 9.17) is 0 Å². The Labute approximate surface area is 90.6 Å². The second kappa shape index (κ2) is 7.11. The molecule has 0 bridgehead atoms. The Morgan fingerprint density at radius 3 is 1.60 bits per heavy atom. The van der Waals surface area contributed by atoms with Crippen molar-refractivity contribution in [1.29, 1.82) is 0 Å². The van der Waals surface area contributed by atoms with Gasteiger partial charge in [-0.3, -0.25) is 0 Å². The molecule has 10 heavy (non-hydrogen) atoms. The normalized spacial score (nSPS) is 7.00. The van der Waals surface area contributed by atoms with Crippen molar-refractivity contribution in [1.82, 2.24) is 0 Å². The molecule has 0 spiro atoms. The fourth-order valence-corrected chi connectivity index (χ4v) is 0.151. The number of rotatable bonds is 0. The van der Waals surface area contributed by atoms with Gasteiger partial charge in [0.05, 0.1) is 14.2 Å². The Hall–Kier alpha value is -0.000260. The van der Waals surface area contributed by atoms with Crippen molar-refractivity contribution in [2.45, 2.75) is 0 Å². The van der Waals surface area contributed by atoms with Gasteiger partial charge in [-0.2, -0.15) is 0 Å². The van der Waals surface area contributed by atoms with E-state index in [1.165, 1.54) is 0 Å². The van der Waals surface area contributed by atoms with Crippen LogP contribution >= 0.6 is 0 Å². The topological polar surface area (TPSA) is 61.8 Å². The predicted octanol–water partition coefficient (Wildman–Crippen LogP) is 0.647. The van der Waals surface area contributed by atoms with Crippen molar-refractivity contribution in [3.05, 3.63) is 0 Å². The Kier molecular flexibility index (Phi) is 9.00. The van der Waals surface area contributed by atoms with Crippen LogP contribution in [0.1, 0.15) is 2.85 Å². The number of hydrogen-bond donors (Lipinski definition) is 0. The van der Waals surface area contributed by atoms with E-state index in [0.29, 0.717) is 0 Å². The first-order valence-electron chi connectivity index (χ1n) is 2.04. The zero-order chi connectivity index (χ0) is 7.28. The van der Waals surface area contributed by atoms with Gasteiger partial charge in [0.15, 0.2) is 0 Å². The molecule has 0 saturated heterocycles. The summed E-state index contributed by atoms with van der Waals surface area (Å²) in [6.45, 7) is 0. The van der Waals surface area contributed by atoms with Gasteiger partial charge in [0, 0.05) is 40.6 Å². The Balaban J connectivity index is -0.000000107. The molecule has 0 heterocycles. The van der Waals surface area contributed by atoms with Crippen LogP contribution in [0, 0.1) is 0 Å². The van der Waals surface area contributed by atoms with E-state index in [-0.39, 0.29) is 40.6 Å². The van der Waals surface area contributed by atoms with E-state index in [2.05, 4.69) is 14.2 Å². The fourth-order valence-electron chi connectivity index (χ4n) is 0.151. The number of hydrogen-bond acceptors (Lipinski definition) is 5. The van der Waals surface area contributed by atoms with Gasteiger partial charge in [0.2, 0.25) is 0 Å². The van der Waals surface area contributed by atoms with Crippen LogP contribution in [0.4, 0.5) is 9.59 Å². The molecule has 0 aliphatic carbocycles. The third-order valence-corrected chi connectivity index (χ3v) is 0.500. The molecule has 2 radical (unpaired) electrons. The third kappa shape index (κ3) is 6.12. The maximum atomic E-state index is 10.0. The van der Waals surface area contributed by atoms with Crippen molar-refractivity contribution in [2.75, 3.05) is 14.2 Å². The molecule has 0 amide bonds. The summed E-state index contributed by atoms with van der Waals surface area (Å²) < 4.78 is 11.7. The summed E-state index contributed by atoms with van der Waals surface area (Å²) in [5.41, 5.74) is 0. The van der Waals surface area contributed by atoms with E-state index in [9.17, 15) is 9.59 Å². The molecule has 0 rings (SSSR count). The SMILES string of the molecule is COC(=O)OC(=O)OC.[Ca].[HH].[HH]. The van der Waals surface area contributed by atoms with E-state index >= 15 is 0 Å². The minimum absolute atomic E-state index is 0. The first-order chi connectivity index (χ1) is 4.20. The molecule has 0 saturated carbocycles. The first kappa shape index (κ1) is 12.7. The average Bonchev–Trinajstić information content (AvgIpc) is 1.87. The van der Waals surface area contributed by atoms with Gasteiger partial charge in [-0.1, -0.05) is 0 Å². The van der Waals surface area contributed by atoms with Crippen LogP contribution in [0.5, 0.6) is 0 Å². The standard InChI is InChI=1S/C4H6O5.Ca.2H2/c1-7-3(5)9-4(6)8-2;;;/h1-2H3;;2*1H. The number of carbonyl (C=O) groups excluding carboxylic acids is 2. The van der Waals surface area contributed by atoms with Crippen LogP contribution in [0.25, 0.3) is 0 Å². The summed E-state index contributed by atoms with van der Waals surface area (Å²) in [5, 5.41) is 0. The summed E-state index contributed by atoms with van der Waals surface area (Å²) in [7, 11) is 2.18. The number of methoxy groups -OCH3 is 2. The molecular weight excluding hydrogens is 168 g/mol. The van der Waals surface area contributed by atoms with E-state index in [1.54, 1.807) is 0 Å². The molecule has 0 aliphatic rings. The fraction of sp³-hybridized carbons (Fsp3) is 0.500. The van der Waals surface area contributed by atoms with Crippen LogP contribution in [0.3, 0.4) is 0 Å². The molecule has 0 fully saturated rings. The molecular formula is C4H10CaO5. The quantitative estimate of drug-likeness (QED) is 0.309. The molecule has 0 aromatic rings. The number of ether oxygens (including phenoxy) is 3. The summed E-state index contributed by atoms with van der Waals surface area (Å²) in [6.07, 6.45) is -2.16. The molecule has 0 N–H and O–H groups in total. The zero-order valence-electron chi connectivity index (χ0n) is 5.75. The predicted molar refractivity (Wildman–Crippen MR) is 35.9 cm³/mol. The molecule has 0 aromatic heterocycles. The molecule has 58 valence electrons. The van der Waals surface area contributed by atoms with E-state index in [0.717, 1.165) is 14.2 Å². The van der Waals surface area contributed by atoms with Crippen LogP contribution in [-0.2, 0) is 14.2 Å². The molecule has 5 nitrogen and oxygen atoms in total. The smallest absolute Gasteiger partial charge is 0.437 e. The summed E-state index contributed by atoms with van der Waals surface area (Å²) in [4.78, 5) is 20.1.